The molecule has 1 spiro atoms. The van der Waals surface area contributed by atoms with E-state index in [4.69, 9.17) is 14.6 Å². The van der Waals surface area contributed by atoms with Gasteiger partial charge in [0.2, 0.25) is 0 Å². The Morgan fingerprint density at radius 1 is 1.05 bits per heavy atom. The Balaban J connectivity index is 0.000000704. The van der Waals surface area contributed by atoms with Crippen LogP contribution in [0.15, 0.2) is 24.3 Å². The van der Waals surface area contributed by atoms with Gasteiger partial charge >= 0.3 is 0 Å². The van der Waals surface area contributed by atoms with Crippen molar-refractivity contribution in [1.82, 2.24) is 0 Å². The highest BCUT2D eigenvalue weighted by Gasteiger charge is 2.40. The highest BCUT2D eigenvalue weighted by atomic mass is 16.7. The summed E-state index contributed by atoms with van der Waals surface area (Å²) in [7, 11) is 0. The van der Waals surface area contributed by atoms with E-state index in [9.17, 15) is 0 Å². The monoisotopic (exact) mass is 278 g/mol. The summed E-state index contributed by atoms with van der Waals surface area (Å²) < 4.78 is 11.5. The molecule has 1 aromatic rings. The van der Waals surface area contributed by atoms with Gasteiger partial charge in [0.25, 0.3) is 0 Å². The molecule has 3 heteroatoms. The van der Waals surface area contributed by atoms with E-state index in [0.29, 0.717) is 5.92 Å². The number of hydrogen-bond acceptors (Lipinski definition) is 3. The number of rotatable bonds is 2. The smallest absolute Gasteiger partial charge is 0.168 e. The Morgan fingerprint density at radius 3 is 2.10 bits per heavy atom. The molecular weight excluding hydrogens is 252 g/mol. The lowest BCUT2D eigenvalue weighted by molar-refractivity contribution is -0.178. The van der Waals surface area contributed by atoms with Crippen molar-refractivity contribution in [2.24, 2.45) is 0 Å². The van der Waals surface area contributed by atoms with Crippen molar-refractivity contribution in [2.75, 3.05) is 13.2 Å². The van der Waals surface area contributed by atoms with Gasteiger partial charge < -0.3 is 14.6 Å². The van der Waals surface area contributed by atoms with Crippen LogP contribution in [0.3, 0.4) is 0 Å². The molecule has 3 nitrogen and oxygen atoms in total. The zero-order valence-corrected chi connectivity index (χ0v) is 12.6. The second kappa shape index (κ2) is 7.21. The Labute approximate surface area is 121 Å². The Kier molecular flexibility index (Phi) is 5.58. The summed E-state index contributed by atoms with van der Waals surface area (Å²) in [4.78, 5) is 0. The van der Waals surface area contributed by atoms with E-state index in [-0.39, 0.29) is 12.4 Å². The first-order chi connectivity index (χ1) is 9.81. The molecule has 1 N–H and O–H groups in total. The molecule has 1 saturated carbocycles. The van der Waals surface area contributed by atoms with E-state index < -0.39 is 0 Å². The zero-order valence-electron chi connectivity index (χ0n) is 12.6. The van der Waals surface area contributed by atoms with Gasteiger partial charge in [-0.25, -0.2) is 0 Å². The van der Waals surface area contributed by atoms with Crippen molar-refractivity contribution >= 4 is 0 Å². The van der Waals surface area contributed by atoms with E-state index in [1.807, 2.05) is 26.0 Å². The second-order valence-corrected chi connectivity index (χ2v) is 5.28. The van der Waals surface area contributed by atoms with Crippen LogP contribution >= 0.6 is 0 Å². The largest absolute Gasteiger partial charge is 0.392 e. The second-order valence-electron chi connectivity index (χ2n) is 5.28. The standard InChI is InChI=1S/C15H20O3.C2H6/c16-11-12-1-3-13(4-2-12)14-5-7-15(8-6-14)17-9-10-18-15;1-2/h1-4,14,16H,5-11H2;1-2H3. The van der Waals surface area contributed by atoms with E-state index in [2.05, 4.69) is 12.1 Å². The summed E-state index contributed by atoms with van der Waals surface area (Å²) in [6.07, 6.45) is 4.25. The summed E-state index contributed by atoms with van der Waals surface area (Å²) in [6.45, 7) is 5.61. The maximum Gasteiger partial charge on any atom is 0.168 e. The third kappa shape index (κ3) is 3.40. The minimum absolute atomic E-state index is 0.121. The zero-order chi connectivity index (χ0) is 14.4. The van der Waals surface area contributed by atoms with E-state index >= 15 is 0 Å². The molecule has 2 aliphatic rings. The van der Waals surface area contributed by atoms with Crippen molar-refractivity contribution < 1.29 is 14.6 Å². The third-order valence-corrected chi connectivity index (χ3v) is 4.19. The van der Waals surface area contributed by atoms with Crippen LogP contribution < -0.4 is 0 Å². The molecule has 1 aliphatic heterocycles. The SMILES string of the molecule is CC.OCc1ccc(C2CCC3(CC2)OCCO3)cc1. The van der Waals surface area contributed by atoms with Crippen LogP contribution in [0.25, 0.3) is 0 Å². The van der Waals surface area contributed by atoms with E-state index in [0.717, 1.165) is 44.5 Å². The molecule has 2 fully saturated rings. The third-order valence-electron chi connectivity index (χ3n) is 4.19. The average molecular weight is 278 g/mol. The van der Waals surface area contributed by atoms with Crippen LogP contribution in [-0.2, 0) is 16.1 Å². The van der Waals surface area contributed by atoms with Gasteiger partial charge in [-0.15, -0.1) is 0 Å². The van der Waals surface area contributed by atoms with Gasteiger partial charge in [-0.1, -0.05) is 38.1 Å². The molecular formula is C17H26O3. The van der Waals surface area contributed by atoms with Crippen molar-refractivity contribution in [3.63, 3.8) is 0 Å². The van der Waals surface area contributed by atoms with E-state index in [1.54, 1.807) is 0 Å². The molecule has 0 unspecified atom stereocenters. The molecule has 1 aromatic carbocycles. The summed E-state index contributed by atoms with van der Waals surface area (Å²) >= 11 is 0. The van der Waals surface area contributed by atoms with Crippen molar-refractivity contribution in [2.45, 2.75) is 57.8 Å². The van der Waals surface area contributed by atoms with Crippen LogP contribution in [0.2, 0.25) is 0 Å². The fourth-order valence-electron chi connectivity index (χ4n) is 3.07. The molecule has 0 amide bonds. The molecule has 112 valence electrons. The van der Waals surface area contributed by atoms with Crippen LogP contribution in [0.5, 0.6) is 0 Å². The maximum absolute atomic E-state index is 9.05. The number of aliphatic hydroxyl groups is 1. The highest BCUT2D eigenvalue weighted by Crippen LogP contribution is 2.42. The van der Waals surface area contributed by atoms with Gasteiger partial charge in [0, 0.05) is 12.8 Å². The molecule has 3 rings (SSSR count). The molecule has 0 bridgehead atoms. The summed E-state index contributed by atoms with van der Waals surface area (Å²) in [5, 5.41) is 9.05. The molecule has 20 heavy (non-hydrogen) atoms. The van der Waals surface area contributed by atoms with Gasteiger partial charge in [-0.2, -0.15) is 0 Å². The molecule has 0 atom stereocenters. The van der Waals surface area contributed by atoms with Gasteiger partial charge in [-0.05, 0) is 29.9 Å². The molecule has 0 aromatic heterocycles. The lowest BCUT2D eigenvalue weighted by atomic mass is 9.81. The molecule has 1 saturated heterocycles. The van der Waals surface area contributed by atoms with Gasteiger partial charge in [0.1, 0.15) is 0 Å². The lowest BCUT2D eigenvalue weighted by Crippen LogP contribution is -2.34. The Hall–Kier alpha value is -0.900. The molecule has 1 aliphatic carbocycles. The van der Waals surface area contributed by atoms with Crippen LogP contribution in [-0.4, -0.2) is 24.1 Å². The fourth-order valence-corrected chi connectivity index (χ4v) is 3.07. The maximum atomic E-state index is 9.05. The van der Waals surface area contributed by atoms with Crippen molar-refractivity contribution in [3.8, 4) is 0 Å². The lowest BCUT2D eigenvalue weighted by Gasteiger charge is -2.35. The first-order valence-corrected chi connectivity index (χ1v) is 7.79. The minimum Gasteiger partial charge on any atom is -0.392 e. The predicted molar refractivity (Wildman–Crippen MR) is 79.6 cm³/mol. The van der Waals surface area contributed by atoms with Gasteiger partial charge in [0.15, 0.2) is 5.79 Å². The predicted octanol–water partition coefficient (Wildman–Crippen LogP) is 3.61. The van der Waals surface area contributed by atoms with E-state index in [1.165, 1.54) is 5.56 Å². The van der Waals surface area contributed by atoms with Gasteiger partial charge in [0.05, 0.1) is 19.8 Å². The van der Waals surface area contributed by atoms with Crippen LogP contribution in [0.1, 0.15) is 56.6 Å². The van der Waals surface area contributed by atoms with Crippen molar-refractivity contribution in [1.29, 1.82) is 0 Å². The summed E-state index contributed by atoms with van der Waals surface area (Å²) in [5.41, 5.74) is 2.36. The molecule has 0 radical (unpaired) electrons. The number of benzene rings is 1. The van der Waals surface area contributed by atoms with Crippen molar-refractivity contribution in [3.05, 3.63) is 35.4 Å². The minimum atomic E-state index is -0.262. The summed E-state index contributed by atoms with van der Waals surface area (Å²) in [6, 6.07) is 8.32. The van der Waals surface area contributed by atoms with Crippen LogP contribution in [0.4, 0.5) is 0 Å². The fraction of sp³-hybridized carbons (Fsp3) is 0.647. The normalized spacial score (nSPS) is 21.6. The first kappa shape index (κ1) is 15.5. The molecule has 1 heterocycles. The number of ether oxygens (including phenoxy) is 2. The quantitative estimate of drug-likeness (QED) is 0.898. The first-order valence-electron chi connectivity index (χ1n) is 7.79. The average Bonchev–Trinajstić information content (AvgIpc) is 2.98. The topological polar surface area (TPSA) is 38.7 Å². The Bertz CT molecular complexity index is 383. The number of hydrogen-bond donors (Lipinski definition) is 1. The number of aliphatic hydroxyl groups excluding tert-OH is 1. The highest BCUT2D eigenvalue weighted by molar-refractivity contribution is 5.25. The Morgan fingerprint density at radius 2 is 1.60 bits per heavy atom. The summed E-state index contributed by atoms with van der Waals surface area (Å²) in [5.74, 6) is 0.345. The van der Waals surface area contributed by atoms with Crippen LogP contribution in [0, 0.1) is 0 Å². The van der Waals surface area contributed by atoms with Gasteiger partial charge in [-0.3, -0.25) is 0 Å².